The minimum atomic E-state index is -0.595. The molecule has 11 heteroatoms. The van der Waals surface area contributed by atoms with Gasteiger partial charge in [-0.05, 0) is 51.8 Å². The molecule has 1 heterocycles. The standard InChI is InChI=1S/C23H32ClFN4O5/c1-23(2,3)34-22(33)28-11-10-27-20(31)15-5-4-12-29(14-15)19(30)8-9-26-21(32)17-7-6-16(25)13-18(17)24/h6-7,13,15H,4-5,8-12,14H2,1-3H3,(H,26,32)(H,27,31)(H,28,33). The number of rotatable bonds is 8. The second-order valence-electron chi connectivity index (χ2n) is 9.03. The van der Waals surface area contributed by atoms with E-state index < -0.39 is 23.4 Å². The van der Waals surface area contributed by atoms with Crippen molar-refractivity contribution in [2.75, 3.05) is 32.7 Å². The van der Waals surface area contributed by atoms with Crippen molar-refractivity contribution < 1.29 is 28.3 Å². The van der Waals surface area contributed by atoms with Crippen LogP contribution in [0.5, 0.6) is 0 Å². The molecule has 4 amide bonds. The summed E-state index contributed by atoms with van der Waals surface area (Å²) in [6, 6.07) is 3.47. The first-order chi connectivity index (χ1) is 16.0. The largest absolute Gasteiger partial charge is 0.444 e. The van der Waals surface area contributed by atoms with E-state index in [-0.39, 0.29) is 54.4 Å². The third-order valence-corrected chi connectivity index (χ3v) is 5.35. The van der Waals surface area contributed by atoms with Crippen molar-refractivity contribution in [3.8, 4) is 0 Å². The van der Waals surface area contributed by atoms with Gasteiger partial charge in [0.25, 0.3) is 5.91 Å². The van der Waals surface area contributed by atoms with Crippen LogP contribution in [0.3, 0.4) is 0 Å². The Morgan fingerprint density at radius 3 is 2.50 bits per heavy atom. The highest BCUT2D eigenvalue weighted by atomic mass is 35.5. The summed E-state index contributed by atoms with van der Waals surface area (Å²) < 4.78 is 18.2. The Morgan fingerprint density at radius 2 is 1.82 bits per heavy atom. The molecule has 0 aliphatic carbocycles. The average Bonchev–Trinajstić information content (AvgIpc) is 2.75. The minimum Gasteiger partial charge on any atom is -0.444 e. The maximum atomic E-state index is 13.1. The lowest BCUT2D eigenvalue weighted by atomic mass is 9.97. The molecular weight excluding hydrogens is 467 g/mol. The average molecular weight is 499 g/mol. The molecule has 1 aromatic rings. The second-order valence-corrected chi connectivity index (χ2v) is 9.44. The molecule has 1 fully saturated rings. The number of ether oxygens (including phenoxy) is 1. The van der Waals surface area contributed by atoms with E-state index in [1.807, 2.05) is 0 Å². The number of likely N-dealkylation sites (tertiary alicyclic amines) is 1. The predicted molar refractivity (Wildman–Crippen MR) is 125 cm³/mol. The van der Waals surface area contributed by atoms with E-state index in [0.717, 1.165) is 12.1 Å². The molecule has 9 nitrogen and oxygen atoms in total. The Bertz CT molecular complexity index is 906. The predicted octanol–water partition coefficient (Wildman–Crippen LogP) is 2.48. The first kappa shape index (κ1) is 27.4. The van der Waals surface area contributed by atoms with Crippen LogP contribution in [0, 0.1) is 11.7 Å². The van der Waals surface area contributed by atoms with Gasteiger partial charge in [0.1, 0.15) is 11.4 Å². The molecule has 0 bridgehead atoms. The zero-order valence-corrected chi connectivity index (χ0v) is 20.5. The van der Waals surface area contributed by atoms with E-state index in [0.29, 0.717) is 25.9 Å². The van der Waals surface area contributed by atoms with Gasteiger partial charge >= 0.3 is 6.09 Å². The number of benzene rings is 1. The second kappa shape index (κ2) is 12.5. The number of hydrogen-bond acceptors (Lipinski definition) is 5. The lowest BCUT2D eigenvalue weighted by Crippen LogP contribution is -2.47. The molecule has 1 saturated heterocycles. The van der Waals surface area contributed by atoms with E-state index >= 15 is 0 Å². The van der Waals surface area contributed by atoms with Crippen LogP contribution in [-0.4, -0.2) is 67.0 Å². The van der Waals surface area contributed by atoms with E-state index in [2.05, 4.69) is 16.0 Å². The number of alkyl carbamates (subject to hydrolysis) is 1. The maximum absolute atomic E-state index is 13.1. The Hall–Kier alpha value is -2.88. The highest BCUT2D eigenvalue weighted by molar-refractivity contribution is 6.33. The van der Waals surface area contributed by atoms with Crippen LogP contribution < -0.4 is 16.0 Å². The summed E-state index contributed by atoms with van der Waals surface area (Å²) in [5.74, 6) is -1.72. The van der Waals surface area contributed by atoms with Gasteiger partial charge in [0.2, 0.25) is 11.8 Å². The van der Waals surface area contributed by atoms with Gasteiger partial charge in [-0.3, -0.25) is 14.4 Å². The summed E-state index contributed by atoms with van der Waals surface area (Å²) in [6.45, 7) is 6.70. The molecule has 1 unspecified atom stereocenters. The van der Waals surface area contributed by atoms with Gasteiger partial charge in [-0.15, -0.1) is 0 Å². The molecule has 188 valence electrons. The van der Waals surface area contributed by atoms with Gasteiger partial charge in [0.05, 0.1) is 16.5 Å². The lowest BCUT2D eigenvalue weighted by Gasteiger charge is -2.32. The Labute approximate surface area is 203 Å². The number of nitrogens with zero attached hydrogens (tertiary/aromatic N) is 1. The fraction of sp³-hybridized carbons (Fsp3) is 0.565. The summed E-state index contributed by atoms with van der Waals surface area (Å²) in [4.78, 5) is 50.4. The van der Waals surface area contributed by atoms with Gasteiger partial charge in [0, 0.05) is 39.1 Å². The van der Waals surface area contributed by atoms with Gasteiger partial charge in [-0.25, -0.2) is 9.18 Å². The van der Waals surface area contributed by atoms with Crippen LogP contribution >= 0.6 is 11.6 Å². The van der Waals surface area contributed by atoms with Crippen LogP contribution in [0.25, 0.3) is 0 Å². The first-order valence-corrected chi connectivity index (χ1v) is 11.6. The van der Waals surface area contributed by atoms with Crippen LogP contribution in [0.2, 0.25) is 5.02 Å². The lowest BCUT2D eigenvalue weighted by molar-refractivity contribution is -0.135. The Morgan fingerprint density at radius 1 is 1.12 bits per heavy atom. The Balaban J connectivity index is 1.70. The SMILES string of the molecule is CC(C)(C)OC(=O)NCCNC(=O)C1CCCN(C(=O)CCNC(=O)c2ccc(F)cc2Cl)C1. The zero-order valence-electron chi connectivity index (χ0n) is 19.7. The summed E-state index contributed by atoms with van der Waals surface area (Å²) in [5.41, 5.74) is -0.464. The normalized spacial score (nSPS) is 15.9. The Kier molecular flexibility index (Phi) is 10.1. The molecule has 0 aromatic heterocycles. The molecule has 2 rings (SSSR count). The highest BCUT2D eigenvalue weighted by Gasteiger charge is 2.28. The molecule has 1 aliphatic heterocycles. The topological polar surface area (TPSA) is 117 Å². The van der Waals surface area contributed by atoms with Crippen LogP contribution in [-0.2, 0) is 14.3 Å². The number of amides is 4. The van der Waals surface area contributed by atoms with Crippen molar-refractivity contribution in [1.82, 2.24) is 20.9 Å². The van der Waals surface area contributed by atoms with Crippen molar-refractivity contribution in [2.24, 2.45) is 5.92 Å². The summed E-state index contributed by atoms with van der Waals surface area (Å²) in [6.07, 6.45) is 0.871. The third kappa shape index (κ3) is 9.17. The summed E-state index contributed by atoms with van der Waals surface area (Å²) in [7, 11) is 0. The van der Waals surface area contributed by atoms with E-state index in [4.69, 9.17) is 16.3 Å². The molecule has 0 spiro atoms. The van der Waals surface area contributed by atoms with Gasteiger partial charge in [-0.1, -0.05) is 11.6 Å². The van der Waals surface area contributed by atoms with E-state index in [1.165, 1.54) is 6.07 Å². The zero-order chi connectivity index (χ0) is 25.3. The van der Waals surface area contributed by atoms with Crippen molar-refractivity contribution in [1.29, 1.82) is 0 Å². The smallest absolute Gasteiger partial charge is 0.407 e. The summed E-state index contributed by atoms with van der Waals surface area (Å²) >= 11 is 5.88. The minimum absolute atomic E-state index is 0.00462. The molecule has 1 aliphatic rings. The molecule has 1 atom stereocenters. The molecule has 0 radical (unpaired) electrons. The van der Waals surface area contributed by atoms with Crippen molar-refractivity contribution in [3.63, 3.8) is 0 Å². The van der Waals surface area contributed by atoms with Crippen LogP contribution in [0.4, 0.5) is 9.18 Å². The monoisotopic (exact) mass is 498 g/mol. The van der Waals surface area contributed by atoms with Gasteiger partial charge in [0.15, 0.2) is 0 Å². The summed E-state index contributed by atoms with van der Waals surface area (Å²) in [5, 5.41) is 7.94. The van der Waals surface area contributed by atoms with Gasteiger partial charge in [-0.2, -0.15) is 0 Å². The van der Waals surface area contributed by atoms with E-state index in [1.54, 1.807) is 25.7 Å². The number of halogens is 2. The number of hydrogen-bond donors (Lipinski definition) is 3. The number of nitrogens with one attached hydrogen (secondary N) is 3. The molecule has 1 aromatic carbocycles. The fourth-order valence-electron chi connectivity index (χ4n) is 3.44. The molecule has 0 saturated carbocycles. The third-order valence-electron chi connectivity index (χ3n) is 5.04. The number of carbonyl (C=O) groups is 4. The molecular formula is C23H32ClFN4O5. The molecule has 3 N–H and O–H groups in total. The number of piperidine rings is 1. The quantitative estimate of drug-likeness (QED) is 0.476. The van der Waals surface area contributed by atoms with Crippen molar-refractivity contribution in [3.05, 3.63) is 34.6 Å². The number of carbonyl (C=O) groups excluding carboxylic acids is 4. The highest BCUT2D eigenvalue weighted by Crippen LogP contribution is 2.18. The molecule has 34 heavy (non-hydrogen) atoms. The van der Waals surface area contributed by atoms with Crippen molar-refractivity contribution >= 4 is 35.4 Å². The fourth-order valence-corrected chi connectivity index (χ4v) is 3.69. The maximum Gasteiger partial charge on any atom is 0.407 e. The van der Waals surface area contributed by atoms with Crippen LogP contribution in [0.15, 0.2) is 18.2 Å². The first-order valence-electron chi connectivity index (χ1n) is 11.2. The van der Waals surface area contributed by atoms with Crippen LogP contribution in [0.1, 0.15) is 50.4 Å². The van der Waals surface area contributed by atoms with Gasteiger partial charge < -0.3 is 25.6 Å². The van der Waals surface area contributed by atoms with E-state index in [9.17, 15) is 23.6 Å². The van der Waals surface area contributed by atoms with Crippen molar-refractivity contribution in [2.45, 2.75) is 45.6 Å².